The van der Waals surface area contributed by atoms with Crippen LogP contribution in [0.4, 0.5) is 0 Å². The Hall–Kier alpha value is -1.34. The molecule has 25 heavy (non-hydrogen) atoms. The number of rotatable bonds is 15. The van der Waals surface area contributed by atoms with Gasteiger partial charge in [-0.2, -0.15) is 0 Å². The van der Waals surface area contributed by atoms with Crippen molar-refractivity contribution in [3.05, 3.63) is 4.91 Å². The molecule has 7 nitrogen and oxygen atoms in total. The first kappa shape index (κ1) is 23.7. The summed E-state index contributed by atoms with van der Waals surface area (Å²) in [5, 5.41) is 7.58. The summed E-state index contributed by atoms with van der Waals surface area (Å²) in [6, 6.07) is 0.371. The van der Waals surface area contributed by atoms with Crippen LogP contribution in [0, 0.1) is 4.91 Å². The maximum absolute atomic E-state index is 11.7. The lowest BCUT2D eigenvalue weighted by molar-refractivity contribution is -0.124. The number of carbonyl (C=O) groups is 2. The van der Waals surface area contributed by atoms with Crippen molar-refractivity contribution in [1.82, 2.24) is 10.3 Å². The molecule has 0 saturated carbocycles. The van der Waals surface area contributed by atoms with Gasteiger partial charge in [0.15, 0.2) is 11.3 Å². The average molecular weight is 357 g/mol. The van der Waals surface area contributed by atoms with Crippen LogP contribution in [0.15, 0.2) is 5.18 Å². The van der Waals surface area contributed by atoms with E-state index >= 15 is 0 Å². The molecule has 0 bridgehead atoms. The lowest BCUT2D eigenvalue weighted by Crippen LogP contribution is -2.38. The molecule has 1 amide bonds. The Kier molecular flexibility index (Phi) is 12.2. The Morgan fingerprint density at radius 3 is 2.24 bits per heavy atom. The summed E-state index contributed by atoms with van der Waals surface area (Å²) >= 11 is 0. The average Bonchev–Trinajstić information content (AvgIpc) is 2.57. The standard InChI is InChI=1S/C18H36N4O3/c1-15(2)22(19)14-10-6-5-9-13-20-17(24)12-8-7-11-16(23)18(3,4)21-25/h15H,5-14,19H2,1-4H3,(H,20,24). The predicted octanol–water partition coefficient (Wildman–Crippen LogP) is 2.92. The van der Waals surface area contributed by atoms with E-state index in [1.54, 1.807) is 0 Å². The van der Waals surface area contributed by atoms with Gasteiger partial charge < -0.3 is 5.32 Å². The number of carbonyl (C=O) groups excluding carboxylic acids is 2. The Morgan fingerprint density at radius 2 is 1.64 bits per heavy atom. The third kappa shape index (κ3) is 11.8. The van der Waals surface area contributed by atoms with Crippen molar-refractivity contribution < 1.29 is 9.59 Å². The second-order valence-corrected chi connectivity index (χ2v) is 7.38. The van der Waals surface area contributed by atoms with Gasteiger partial charge in [-0.05, 0) is 53.4 Å². The van der Waals surface area contributed by atoms with Crippen molar-refractivity contribution in [2.24, 2.45) is 11.0 Å². The molecule has 0 aliphatic heterocycles. The van der Waals surface area contributed by atoms with Crippen LogP contribution in [0.3, 0.4) is 0 Å². The van der Waals surface area contributed by atoms with Crippen molar-refractivity contribution in [1.29, 1.82) is 0 Å². The van der Waals surface area contributed by atoms with Gasteiger partial charge in [0, 0.05) is 32.0 Å². The third-order valence-electron chi connectivity index (χ3n) is 4.30. The van der Waals surface area contributed by atoms with E-state index in [0.29, 0.717) is 38.3 Å². The van der Waals surface area contributed by atoms with Crippen molar-refractivity contribution in [3.63, 3.8) is 0 Å². The highest BCUT2D eigenvalue weighted by Gasteiger charge is 2.27. The van der Waals surface area contributed by atoms with Gasteiger partial charge in [0.05, 0.1) is 0 Å². The first-order valence-corrected chi connectivity index (χ1v) is 9.36. The van der Waals surface area contributed by atoms with E-state index in [2.05, 4.69) is 24.3 Å². The fraction of sp³-hybridized carbons (Fsp3) is 0.889. The van der Waals surface area contributed by atoms with E-state index in [9.17, 15) is 14.5 Å². The molecule has 146 valence electrons. The zero-order valence-electron chi connectivity index (χ0n) is 16.3. The lowest BCUT2D eigenvalue weighted by atomic mass is 9.96. The molecule has 0 radical (unpaired) electrons. The summed E-state index contributed by atoms with van der Waals surface area (Å²) in [4.78, 5) is 34.0. The van der Waals surface area contributed by atoms with Gasteiger partial charge in [-0.3, -0.25) is 15.4 Å². The molecular weight excluding hydrogens is 320 g/mol. The highest BCUT2D eigenvalue weighted by Crippen LogP contribution is 2.14. The number of hydrogen-bond donors (Lipinski definition) is 2. The summed E-state index contributed by atoms with van der Waals surface area (Å²) in [5.74, 6) is 5.69. The monoisotopic (exact) mass is 356 g/mol. The van der Waals surface area contributed by atoms with E-state index in [-0.39, 0.29) is 11.7 Å². The van der Waals surface area contributed by atoms with Gasteiger partial charge in [0.25, 0.3) is 0 Å². The van der Waals surface area contributed by atoms with Crippen molar-refractivity contribution in [2.75, 3.05) is 13.1 Å². The van der Waals surface area contributed by atoms with Crippen LogP contribution in [-0.4, -0.2) is 41.4 Å². The fourth-order valence-electron chi connectivity index (χ4n) is 2.28. The Bertz CT molecular complexity index is 411. The summed E-state index contributed by atoms with van der Waals surface area (Å²) in [6.45, 7) is 8.78. The molecule has 0 aliphatic rings. The summed E-state index contributed by atoms with van der Waals surface area (Å²) in [5.41, 5.74) is -1.15. The number of Topliss-reactive ketones (excluding diaryl/α,β-unsaturated/α-hetero) is 1. The second-order valence-electron chi connectivity index (χ2n) is 7.38. The molecule has 0 rings (SSSR count). The molecule has 0 saturated heterocycles. The number of ketones is 1. The van der Waals surface area contributed by atoms with Gasteiger partial charge in [-0.25, -0.2) is 5.01 Å². The normalized spacial score (nSPS) is 11.8. The maximum Gasteiger partial charge on any atom is 0.219 e. The molecule has 0 aliphatic carbocycles. The highest BCUT2D eigenvalue weighted by molar-refractivity contribution is 5.87. The van der Waals surface area contributed by atoms with Crippen LogP contribution in [0.5, 0.6) is 0 Å². The quantitative estimate of drug-likeness (QED) is 0.203. The fourth-order valence-corrected chi connectivity index (χ4v) is 2.28. The van der Waals surface area contributed by atoms with Gasteiger partial charge in [0.2, 0.25) is 5.91 Å². The molecule has 0 aromatic carbocycles. The van der Waals surface area contributed by atoms with Gasteiger partial charge in [-0.15, -0.1) is 4.91 Å². The molecule has 0 fully saturated rings. The molecule has 0 aromatic rings. The van der Waals surface area contributed by atoms with Crippen molar-refractivity contribution in [2.45, 2.75) is 90.6 Å². The van der Waals surface area contributed by atoms with Crippen LogP contribution >= 0.6 is 0 Å². The molecule has 7 heteroatoms. The van der Waals surface area contributed by atoms with Gasteiger partial charge >= 0.3 is 0 Å². The highest BCUT2D eigenvalue weighted by atomic mass is 16.3. The lowest BCUT2D eigenvalue weighted by Gasteiger charge is -2.20. The van der Waals surface area contributed by atoms with E-state index < -0.39 is 5.54 Å². The summed E-state index contributed by atoms with van der Waals surface area (Å²) < 4.78 is 0. The van der Waals surface area contributed by atoms with Crippen LogP contribution < -0.4 is 11.2 Å². The van der Waals surface area contributed by atoms with E-state index in [1.165, 1.54) is 13.8 Å². The molecule has 0 atom stereocenters. The maximum atomic E-state index is 11.7. The largest absolute Gasteiger partial charge is 0.356 e. The molecular formula is C18H36N4O3. The van der Waals surface area contributed by atoms with Gasteiger partial charge in [0.1, 0.15) is 0 Å². The smallest absolute Gasteiger partial charge is 0.219 e. The second kappa shape index (κ2) is 12.9. The topological polar surface area (TPSA) is 105 Å². The van der Waals surface area contributed by atoms with Crippen LogP contribution in [-0.2, 0) is 9.59 Å². The molecule has 0 heterocycles. The van der Waals surface area contributed by atoms with Crippen molar-refractivity contribution >= 4 is 11.7 Å². The van der Waals surface area contributed by atoms with E-state index in [0.717, 1.165) is 32.2 Å². The minimum absolute atomic E-state index is 0.0214. The number of hydrogen-bond acceptors (Lipinski definition) is 6. The van der Waals surface area contributed by atoms with E-state index in [4.69, 9.17) is 5.84 Å². The molecule has 0 unspecified atom stereocenters. The predicted molar refractivity (Wildman–Crippen MR) is 101 cm³/mol. The zero-order chi connectivity index (χ0) is 19.3. The van der Waals surface area contributed by atoms with Crippen LogP contribution in [0.1, 0.15) is 79.1 Å². The van der Waals surface area contributed by atoms with E-state index in [1.807, 2.05) is 5.01 Å². The number of nitroso groups, excluding NO2 is 1. The number of nitrogens with one attached hydrogen (secondary N) is 1. The Morgan fingerprint density at radius 1 is 1.04 bits per heavy atom. The molecule has 0 spiro atoms. The van der Waals surface area contributed by atoms with Crippen molar-refractivity contribution in [3.8, 4) is 0 Å². The first-order chi connectivity index (χ1) is 11.7. The summed E-state index contributed by atoms with van der Waals surface area (Å²) in [6.07, 6.45) is 6.19. The first-order valence-electron chi connectivity index (χ1n) is 9.36. The third-order valence-corrected chi connectivity index (χ3v) is 4.30. The number of hydrazine groups is 1. The number of amides is 1. The van der Waals surface area contributed by atoms with Crippen LogP contribution in [0.2, 0.25) is 0 Å². The SMILES string of the molecule is CC(C)N(N)CCCCCCNC(=O)CCCCC(=O)C(C)(C)N=O. The molecule has 0 aromatic heterocycles. The Balaban J connectivity index is 3.54. The summed E-state index contributed by atoms with van der Waals surface area (Å²) in [7, 11) is 0. The number of unbranched alkanes of at least 4 members (excludes halogenated alkanes) is 4. The Labute approximate surface area is 152 Å². The minimum atomic E-state index is -1.15. The number of nitrogens with two attached hydrogens (primary N) is 1. The number of nitrogens with zero attached hydrogens (tertiary/aromatic N) is 2. The van der Waals surface area contributed by atoms with Crippen LogP contribution in [0.25, 0.3) is 0 Å². The van der Waals surface area contributed by atoms with Gasteiger partial charge in [-0.1, -0.05) is 18.0 Å². The molecule has 3 N–H and O–H groups in total. The minimum Gasteiger partial charge on any atom is -0.356 e. The zero-order valence-corrected chi connectivity index (χ0v) is 16.3.